The predicted molar refractivity (Wildman–Crippen MR) is 95.4 cm³/mol. The molecule has 1 aliphatic heterocycles. The van der Waals surface area contributed by atoms with Gasteiger partial charge in [-0.25, -0.2) is 0 Å². The van der Waals surface area contributed by atoms with Crippen LogP contribution in [0.15, 0.2) is 42.5 Å². The van der Waals surface area contributed by atoms with Crippen LogP contribution in [0.4, 0.5) is 5.69 Å². The van der Waals surface area contributed by atoms with Crippen molar-refractivity contribution in [1.29, 1.82) is 0 Å². The molecule has 1 atom stereocenters. The van der Waals surface area contributed by atoms with Gasteiger partial charge < -0.3 is 10.6 Å². The SMILES string of the molecule is CC(CCN)Cc1ccc(-c2ccc3c(c2)CCN3C)cc1. The van der Waals surface area contributed by atoms with Crippen molar-refractivity contribution in [3.05, 3.63) is 53.6 Å². The normalized spacial score (nSPS) is 15.0. The highest BCUT2D eigenvalue weighted by molar-refractivity contribution is 5.70. The summed E-state index contributed by atoms with van der Waals surface area (Å²) in [6, 6.07) is 15.9. The molecule has 1 heterocycles. The van der Waals surface area contributed by atoms with Crippen LogP contribution >= 0.6 is 0 Å². The average molecular weight is 294 g/mol. The van der Waals surface area contributed by atoms with E-state index in [0.29, 0.717) is 5.92 Å². The van der Waals surface area contributed by atoms with Crippen LogP contribution in [0, 0.1) is 5.92 Å². The first-order chi connectivity index (χ1) is 10.7. The summed E-state index contributed by atoms with van der Waals surface area (Å²) < 4.78 is 0. The number of hydrogen-bond acceptors (Lipinski definition) is 2. The molecule has 0 radical (unpaired) electrons. The van der Waals surface area contributed by atoms with Crippen LogP contribution < -0.4 is 10.6 Å². The molecule has 0 saturated heterocycles. The van der Waals surface area contributed by atoms with Crippen molar-refractivity contribution < 1.29 is 0 Å². The molecule has 2 heteroatoms. The van der Waals surface area contributed by atoms with Crippen molar-refractivity contribution in [2.75, 3.05) is 25.0 Å². The van der Waals surface area contributed by atoms with E-state index in [1.54, 1.807) is 0 Å². The Morgan fingerprint density at radius 3 is 2.55 bits per heavy atom. The van der Waals surface area contributed by atoms with Crippen molar-refractivity contribution >= 4 is 5.69 Å². The smallest absolute Gasteiger partial charge is 0.0397 e. The van der Waals surface area contributed by atoms with E-state index < -0.39 is 0 Å². The standard InChI is InChI=1S/C20H26N2/c1-15(9-11-21)13-16-3-5-17(6-4-16)18-7-8-20-19(14-18)10-12-22(20)2/h3-8,14-15H,9-13,21H2,1-2H3. The van der Waals surface area contributed by atoms with E-state index in [1.165, 1.54) is 27.9 Å². The summed E-state index contributed by atoms with van der Waals surface area (Å²) in [6.45, 7) is 4.19. The number of rotatable bonds is 5. The number of nitrogens with two attached hydrogens (primary N) is 1. The largest absolute Gasteiger partial charge is 0.374 e. The Bertz CT molecular complexity index is 631. The summed E-state index contributed by atoms with van der Waals surface area (Å²) in [5.41, 5.74) is 12.5. The summed E-state index contributed by atoms with van der Waals surface area (Å²) in [5.74, 6) is 0.659. The third-order valence-corrected chi connectivity index (χ3v) is 4.74. The van der Waals surface area contributed by atoms with Crippen molar-refractivity contribution in [1.82, 2.24) is 0 Å². The highest BCUT2D eigenvalue weighted by Gasteiger charge is 2.15. The van der Waals surface area contributed by atoms with Gasteiger partial charge in [0, 0.05) is 19.3 Å². The molecule has 2 aromatic carbocycles. The van der Waals surface area contributed by atoms with Crippen LogP contribution in [-0.2, 0) is 12.8 Å². The highest BCUT2D eigenvalue weighted by Crippen LogP contribution is 2.31. The molecule has 1 unspecified atom stereocenters. The number of fused-ring (bicyclic) bond motifs is 1. The maximum Gasteiger partial charge on any atom is 0.0397 e. The van der Waals surface area contributed by atoms with Crippen molar-refractivity contribution in [2.24, 2.45) is 11.7 Å². The minimum absolute atomic E-state index is 0.659. The number of hydrogen-bond donors (Lipinski definition) is 1. The molecule has 0 bridgehead atoms. The summed E-state index contributed by atoms with van der Waals surface area (Å²) in [6.07, 6.45) is 3.38. The number of anilines is 1. The van der Waals surface area contributed by atoms with E-state index in [9.17, 15) is 0 Å². The first-order valence-corrected chi connectivity index (χ1v) is 8.31. The average Bonchev–Trinajstić information content (AvgIpc) is 2.89. The Labute approximate surface area is 134 Å². The Morgan fingerprint density at radius 1 is 1.09 bits per heavy atom. The quantitative estimate of drug-likeness (QED) is 0.907. The van der Waals surface area contributed by atoms with Crippen LogP contribution in [0.25, 0.3) is 11.1 Å². The fourth-order valence-electron chi connectivity index (χ4n) is 3.37. The van der Waals surface area contributed by atoms with Gasteiger partial charge in [-0.1, -0.05) is 37.3 Å². The molecule has 0 amide bonds. The fraction of sp³-hybridized carbons (Fsp3) is 0.400. The van der Waals surface area contributed by atoms with E-state index in [1.807, 2.05) is 0 Å². The van der Waals surface area contributed by atoms with Crippen LogP contribution in [0.5, 0.6) is 0 Å². The molecule has 2 nitrogen and oxygen atoms in total. The topological polar surface area (TPSA) is 29.3 Å². The van der Waals surface area contributed by atoms with Crippen LogP contribution in [0.1, 0.15) is 24.5 Å². The van der Waals surface area contributed by atoms with E-state index >= 15 is 0 Å². The zero-order chi connectivity index (χ0) is 15.5. The third kappa shape index (κ3) is 3.17. The highest BCUT2D eigenvalue weighted by atomic mass is 15.1. The maximum atomic E-state index is 5.63. The molecule has 0 fully saturated rings. The molecular weight excluding hydrogens is 268 g/mol. The molecule has 1 aliphatic rings. The van der Waals surface area contributed by atoms with Crippen molar-refractivity contribution in [3.8, 4) is 11.1 Å². The number of nitrogens with zero attached hydrogens (tertiary/aromatic N) is 1. The van der Waals surface area contributed by atoms with Gasteiger partial charge in [-0.05, 0) is 66.1 Å². The Kier molecular flexibility index (Phi) is 4.49. The van der Waals surface area contributed by atoms with E-state index in [-0.39, 0.29) is 0 Å². The van der Waals surface area contributed by atoms with E-state index in [0.717, 1.165) is 32.4 Å². The van der Waals surface area contributed by atoms with Gasteiger partial charge in [-0.2, -0.15) is 0 Å². The lowest BCUT2D eigenvalue weighted by Crippen LogP contribution is -2.12. The molecule has 22 heavy (non-hydrogen) atoms. The van der Waals surface area contributed by atoms with Crippen LogP contribution in [0.3, 0.4) is 0 Å². The Balaban J connectivity index is 1.76. The van der Waals surface area contributed by atoms with Crippen molar-refractivity contribution in [2.45, 2.75) is 26.2 Å². The monoisotopic (exact) mass is 294 g/mol. The van der Waals surface area contributed by atoms with Gasteiger partial charge in [0.05, 0.1) is 0 Å². The number of benzene rings is 2. The summed E-state index contributed by atoms with van der Waals surface area (Å²) >= 11 is 0. The fourth-order valence-corrected chi connectivity index (χ4v) is 3.37. The van der Waals surface area contributed by atoms with E-state index in [2.05, 4.69) is 61.3 Å². The second kappa shape index (κ2) is 6.53. The molecule has 0 saturated carbocycles. The Hall–Kier alpha value is -1.80. The molecular formula is C20H26N2. The van der Waals surface area contributed by atoms with Gasteiger partial charge in [0.2, 0.25) is 0 Å². The number of likely N-dealkylation sites (N-methyl/N-ethyl adjacent to an activating group) is 1. The second-order valence-electron chi connectivity index (χ2n) is 6.60. The molecule has 0 aliphatic carbocycles. The molecule has 2 aromatic rings. The lowest BCUT2D eigenvalue weighted by molar-refractivity contribution is 0.538. The summed E-state index contributed by atoms with van der Waals surface area (Å²) in [5, 5.41) is 0. The maximum absolute atomic E-state index is 5.63. The molecule has 0 aromatic heterocycles. The van der Waals surface area contributed by atoms with Gasteiger partial charge in [0.25, 0.3) is 0 Å². The summed E-state index contributed by atoms with van der Waals surface area (Å²) in [4.78, 5) is 2.33. The van der Waals surface area contributed by atoms with Crippen molar-refractivity contribution in [3.63, 3.8) is 0 Å². The minimum atomic E-state index is 0.659. The van der Waals surface area contributed by atoms with Gasteiger partial charge in [-0.3, -0.25) is 0 Å². The van der Waals surface area contributed by atoms with Crippen LogP contribution in [0.2, 0.25) is 0 Å². The van der Waals surface area contributed by atoms with Gasteiger partial charge in [-0.15, -0.1) is 0 Å². The van der Waals surface area contributed by atoms with Gasteiger partial charge in [0.15, 0.2) is 0 Å². The lowest BCUT2D eigenvalue weighted by Gasteiger charge is -2.13. The second-order valence-corrected chi connectivity index (χ2v) is 6.60. The lowest BCUT2D eigenvalue weighted by atomic mass is 9.95. The predicted octanol–water partition coefficient (Wildman–Crippen LogP) is 3.87. The first-order valence-electron chi connectivity index (χ1n) is 8.31. The van der Waals surface area contributed by atoms with Crippen LogP contribution in [-0.4, -0.2) is 20.1 Å². The molecule has 0 spiro atoms. The summed E-state index contributed by atoms with van der Waals surface area (Å²) in [7, 11) is 2.17. The minimum Gasteiger partial charge on any atom is -0.374 e. The third-order valence-electron chi connectivity index (χ3n) is 4.74. The first kappa shape index (κ1) is 15.1. The zero-order valence-corrected chi connectivity index (χ0v) is 13.7. The zero-order valence-electron chi connectivity index (χ0n) is 13.7. The van der Waals surface area contributed by atoms with E-state index in [4.69, 9.17) is 5.73 Å². The van der Waals surface area contributed by atoms with Gasteiger partial charge in [0.1, 0.15) is 0 Å². The Morgan fingerprint density at radius 2 is 1.82 bits per heavy atom. The molecule has 3 rings (SSSR count). The molecule has 116 valence electrons. The molecule has 2 N–H and O–H groups in total. The van der Waals surface area contributed by atoms with Gasteiger partial charge >= 0.3 is 0 Å².